The van der Waals surface area contributed by atoms with Gasteiger partial charge in [0, 0.05) is 20.8 Å². The van der Waals surface area contributed by atoms with E-state index in [0.29, 0.717) is 6.54 Å². The maximum atomic E-state index is 5.53. The summed E-state index contributed by atoms with van der Waals surface area (Å²) in [7, 11) is 3.39. The minimum atomic E-state index is -0.389. The highest BCUT2D eigenvalue weighted by atomic mass is 16.7. The molecule has 0 bridgehead atoms. The van der Waals surface area contributed by atoms with E-state index in [-0.39, 0.29) is 5.79 Å². The lowest BCUT2D eigenvalue weighted by Gasteiger charge is -2.47. The van der Waals surface area contributed by atoms with Gasteiger partial charge in [0.1, 0.15) is 0 Å². The number of rotatable bonds is 6. The number of nitrogens with zero attached hydrogens (tertiary/aromatic N) is 1. The molecule has 0 aliphatic carbocycles. The number of benzene rings is 1. The summed E-state index contributed by atoms with van der Waals surface area (Å²) >= 11 is 0. The topological polar surface area (TPSA) is 47.7 Å². The van der Waals surface area contributed by atoms with Crippen LogP contribution in [0.1, 0.15) is 11.1 Å². The lowest BCUT2D eigenvalue weighted by atomic mass is 10.0. The van der Waals surface area contributed by atoms with Gasteiger partial charge in [0.15, 0.2) is 5.79 Å². The third kappa shape index (κ3) is 2.90. The average Bonchev–Trinajstić information content (AvgIpc) is 2.36. The van der Waals surface area contributed by atoms with Crippen molar-refractivity contribution in [1.82, 2.24) is 4.90 Å². The summed E-state index contributed by atoms with van der Waals surface area (Å²) in [6, 6.07) is 8.65. The third-order valence-corrected chi connectivity index (χ3v) is 3.54. The van der Waals surface area contributed by atoms with Gasteiger partial charge in [-0.05, 0) is 24.1 Å². The van der Waals surface area contributed by atoms with Crippen LogP contribution >= 0.6 is 0 Å². The molecule has 4 heteroatoms. The van der Waals surface area contributed by atoms with E-state index >= 15 is 0 Å². The molecule has 0 radical (unpaired) electrons. The molecule has 1 fully saturated rings. The van der Waals surface area contributed by atoms with E-state index in [2.05, 4.69) is 29.2 Å². The lowest BCUT2D eigenvalue weighted by Crippen LogP contribution is -2.63. The molecule has 1 aromatic rings. The Morgan fingerprint density at radius 2 is 1.67 bits per heavy atom. The van der Waals surface area contributed by atoms with Crippen molar-refractivity contribution >= 4 is 0 Å². The summed E-state index contributed by atoms with van der Waals surface area (Å²) < 4.78 is 10.7. The largest absolute Gasteiger partial charge is 0.351 e. The number of hydrogen-bond acceptors (Lipinski definition) is 4. The lowest BCUT2D eigenvalue weighted by molar-refractivity contribution is -0.277. The molecule has 2 rings (SSSR count). The van der Waals surface area contributed by atoms with Gasteiger partial charge in [0.05, 0.1) is 13.1 Å². The highest BCUT2D eigenvalue weighted by molar-refractivity contribution is 5.23. The van der Waals surface area contributed by atoms with Crippen molar-refractivity contribution in [1.29, 1.82) is 0 Å². The summed E-state index contributed by atoms with van der Waals surface area (Å²) in [5.41, 5.74) is 8.15. The minimum Gasteiger partial charge on any atom is -0.351 e. The molecule has 0 atom stereocenters. The van der Waals surface area contributed by atoms with E-state index in [1.165, 1.54) is 11.1 Å². The van der Waals surface area contributed by atoms with Gasteiger partial charge in [-0.1, -0.05) is 24.3 Å². The van der Waals surface area contributed by atoms with Crippen LogP contribution < -0.4 is 5.73 Å². The second kappa shape index (κ2) is 5.80. The number of methoxy groups -OCH3 is 2. The summed E-state index contributed by atoms with van der Waals surface area (Å²) in [6.45, 7) is 3.29. The van der Waals surface area contributed by atoms with Crippen LogP contribution in [0.15, 0.2) is 24.3 Å². The zero-order valence-corrected chi connectivity index (χ0v) is 11.2. The third-order valence-electron chi connectivity index (χ3n) is 3.54. The Morgan fingerprint density at radius 3 is 2.17 bits per heavy atom. The molecule has 0 aromatic heterocycles. The fourth-order valence-electron chi connectivity index (χ4n) is 2.32. The van der Waals surface area contributed by atoms with Gasteiger partial charge < -0.3 is 15.2 Å². The molecule has 1 aliphatic rings. The first-order chi connectivity index (χ1) is 8.71. The first-order valence-corrected chi connectivity index (χ1v) is 6.32. The van der Waals surface area contributed by atoms with Crippen LogP contribution in [0.25, 0.3) is 0 Å². The summed E-state index contributed by atoms with van der Waals surface area (Å²) in [4.78, 5) is 2.31. The van der Waals surface area contributed by atoms with Gasteiger partial charge in [-0.25, -0.2) is 0 Å². The van der Waals surface area contributed by atoms with Gasteiger partial charge in [0.25, 0.3) is 0 Å². The average molecular weight is 250 g/mol. The molecule has 1 saturated heterocycles. The van der Waals surface area contributed by atoms with Crippen molar-refractivity contribution in [3.8, 4) is 0 Å². The number of likely N-dealkylation sites (tertiary alicyclic amines) is 1. The Bertz CT molecular complexity index is 366. The molecule has 0 saturated carbocycles. The second-order valence-corrected chi connectivity index (χ2v) is 4.82. The Balaban J connectivity index is 1.84. The van der Waals surface area contributed by atoms with Crippen LogP contribution in [0, 0.1) is 0 Å². The van der Waals surface area contributed by atoms with Crippen molar-refractivity contribution < 1.29 is 9.47 Å². The van der Waals surface area contributed by atoms with Gasteiger partial charge in [-0.15, -0.1) is 0 Å². The van der Waals surface area contributed by atoms with Gasteiger partial charge in [-0.3, -0.25) is 4.90 Å². The van der Waals surface area contributed by atoms with Gasteiger partial charge >= 0.3 is 0 Å². The fraction of sp³-hybridized carbons (Fsp3) is 0.571. The monoisotopic (exact) mass is 250 g/mol. The highest BCUT2D eigenvalue weighted by Gasteiger charge is 2.43. The first-order valence-electron chi connectivity index (χ1n) is 6.32. The molecule has 18 heavy (non-hydrogen) atoms. The van der Waals surface area contributed by atoms with Crippen molar-refractivity contribution in [2.24, 2.45) is 5.73 Å². The van der Waals surface area contributed by atoms with E-state index in [1.54, 1.807) is 14.2 Å². The SMILES string of the molecule is COC1(OC)CN(Cc2ccc(CCN)cc2)C1. The number of nitrogens with two attached hydrogens (primary N) is 1. The molecule has 1 heterocycles. The molecule has 0 unspecified atom stereocenters. The summed E-state index contributed by atoms with van der Waals surface area (Å²) in [6.07, 6.45) is 0.945. The van der Waals surface area contributed by atoms with Crippen LogP contribution in [0.3, 0.4) is 0 Å². The van der Waals surface area contributed by atoms with Crippen molar-refractivity contribution in [3.63, 3.8) is 0 Å². The van der Waals surface area contributed by atoms with Crippen molar-refractivity contribution in [2.75, 3.05) is 33.9 Å². The molecular formula is C14H22N2O2. The van der Waals surface area contributed by atoms with Crippen molar-refractivity contribution in [3.05, 3.63) is 35.4 Å². The van der Waals surface area contributed by atoms with E-state index < -0.39 is 0 Å². The second-order valence-electron chi connectivity index (χ2n) is 4.82. The predicted octanol–water partition coefficient (Wildman–Crippen LogP) is 0.992. The van der Waals surface area contributed by atoms with Crippen LogP contribution in [0.4, 0.5) is 0 Å². The molecular weight excluding hydrogens is 228 g/mol. The maximum Gasteiger partial charge on any atom is 0.193 e. The van der Waals surface area contributed by atoms with Gasteiger partial charge in [0.2, 0.25) is 0 Å². The molecule has 2 N–H and O–H groups in total. The highest BCUT2D eigenvalue weighted by Crippen LogP contribution is 2.26. The van der Waals surface area contributed by atoms with E-state index in [1.807, 2.05) is 0 Å². The minimum absolute atomic E-state index is 0.389. The first kappa shape index (κ1) is 13.5. The Hall–Kier alpha value is -0.940. The fourth-order valence-corrected chi connectivity index (χ4v) is 2.32. The number of ether oxygens (including phenoxy) is 2. The van der Waals surface area contributed by atoms with E-state index in [0.717, 1.165) is 26.1 Å². The quantitative estimate of drug-likeness (QED) is 0.765. The summed E-state index contributed by atoms with van der Waals surface area (Å²) in [5, 5.41) is 0. The normalized spacial score (nSPS) is 18.6. The van der Waals surface area contributed by atoms with Gasteiger partial charge in [-0.2, -0.15) is 0 Å². The maximum absolute atomic E-state index is 5.53. The molecule has 1 aromatic carbocycles. The zero-order valence-electron chi connectivity index (χ0n) is 11.2. The van der Waals surface area contributed by atoms with E-state index in [4.69, 9.17) is 15.2 Å². The number of hydrogen-bond donors (Lipinski definition) is 1. The Morgan fingerprint density at radius 1 is 1.11 bits per heavy atom. The van der Waals surface area contributed by atoms with Crippen LogP contribution in [-0.2, 0) is 22.4 Å². The van der Waals surface area contributed by atoms with Crippen LogP contribution in [0.2, 0.25) is 0 Å². The summed E-state index contributed by atoms with van der Waals surface area (Å²) in [5.74, 6) is -0.389. The molecule has 100 valence electrons. The Labute approximate surface area is 109 Å². The standard InChI is InChI=1S/C14H22N2O2/c1-17-14(18-2)10-16(11-14)9-13-5-3-12(4-6-13)7-8-15/h3-6H,7-11,15H2,1-2H3. The van der Waals surface area contributed by atoms with Crippen molar-refractivity contribution in [2.45, 2.75) is 18.8 Å². The molecule has 4 nitrogen and oxygen atoms in total. The smallest absolute Gasteiger partial charge is 0.193 e. The van der Waals surface area contributed by atoms with E-state index in [9.17, 15) is 0 Å². The van der Waals surface area contributed by atoms with Crippen LogP contribution in [0.5, 0.6) is 0 Å². The Kier molecular flexibility index (Phi) is 4.35. The van der Waals surface area contributed by atoms with Crippen LogP contribution in [-0.4, -0.2) is 44.5 Å². The predicted molar refractivity (Wildman–Crippen MR) is 71.2 cm³/mol. The molecule has 0 amide bonds. The zero-order chi connectivity index (χ0) is 13.0. The molecule has 0 spiro atoms. The molecule has 1 aliphatic heterocycles.